The fourth-order valence-corrected chi connectivity index (χ4v) is 1.63. The van der Waals surface area contributed by atoms with E-state index in [1.54, 1.807) is 7.11 Å². The maximum atomic E-state index is 5.64. The van der Waals surface area contributed by atoms with E-state index in [-0.39, 0.29) is 0 Å². The van der Waals surface area contributed by atoms with Crippen LogP contribution in [0.1, 0.15) is 5.56 Å². The highest BCUT2D eigenvalue weighted by Gasteiger charge is 2.00. The molecular weight excluding hydrogens is 212 g/mol. The van der Waals surface area contributed by atoms with Gasteiger partial charge in [-0.2, -0.15) is 0 Å². The summed E-state index contributed by atoms with van der Waals surface area (Å²) in [5.74, 6) is 0.866. The van der Waals surface area contributed by atoms with Crippen molar-refractivity contribution in [2.45, 2.75) is 6.92 Å². The van der Waals surface area contributed by atoms with Crippen LogP contribution in [0.4, 0.5) is 17.1 Å². The molecule has 0 saturated heterocycles. The smallest absolute Gasteiger partial charge is 0.119 e. The molecule has 2 aromatic carbocycles. The van der Waals surface area contributed by atoms with Crippen LogP contribution >= 0.6 is 0 Å². The molecule has 0 unspecified atom stereocenters. The molecule has 0 aliphatic rings. The van der Waals surface area contributed by atoms with Gasteiger partial charge in [0.05, 0.1) is 7.11 Å². The van der Waals surface area contributed by atoms with E-state index in [4.69, 9.17) is 10.5 Å². The molecule has 3 heteroatoms. The van der Waals surface area contributed by atoms with Crippen LogP contribution in [0.25, 0.3) is 0 Å². The summed E-state index contributed by atoms with van der Waals surface area (Å²) in [7, 11) is 1.67. The Morgan fingerprint density at radius 3 is 2.35 bits per heavy atom. The van der Waals surface area contributed by atoms with E-state index in [9.17, 15) is 0 Å². The van der Waals surface area contributed by atoms with Crippen molar-refractivity contribution < 1.29 is 4.74 Å². The van der Waals surface area contributed by atoms with Gasteiger partial charge in [0.1, 0.15) is 5.75 Å². The van der Waals surface area contributed by atoms with Crippen LogP contribution in [-0.2, 0) is 0 Å². The molecule has 0 saturated carbocycles. The Balaban J connectivity index is 2.21. The van der Waals surface area contributed by atoms with Crippen LogP contribution in [0.15, 0.2) is 42.5 Å². The van der Waals surface area contributed by atoms with Crippen molar-refractivity contribution in [1.29, 1.82) is 0 Å². The Morgan fingerprint density at radius 1 is 1.06 bits per heavy atom. The third-order valence-electron chi connectivity index (χ3n) is 2.62. The molecule has 88 valence electrons. The predicted octanol–water partition coefficient (Wildman–Crippen LogP) is 3.33. The quantitative estimate of drug-likeness (QED) is 0.792. The van der Waals surface area contributed by atoms with Crippen LogP contribution in [0.3, 0.4) is 0 Å². The molecule has 3 N–H and O–H groups in total. The molecule has 0 amide bonds. The van der Waals surface area contributed by atoms with E-state index in [0.717, 1.165) is 28.4 Å². The van der Waals surface area contributed by atoms with Crippen molar-refractivity contribution >= 4 is 17.1 Å². The third-order valence-corrected chi connectivity index (χ3v) is 2.62. The largest absolute Gasteiger partial charge is 0.497 e. The lowest BCUT2D eigenvalue weighted by atomic mass is 10.2. The standard InChI is InChI=1S/C14H16N2O/c1-10-9-13(17-2)7-8-14(10)16-12-5-3-11(15)4-6-12/h3-9,16H,15H2,1-2H3. The van der Waals surface area contributed by atoms with Gasteiger partial charge in [0.15, 0.2) is 0 Å². The first-order chi connectivity index (χ1) is 8.19. The molecule has 0 atom stereocenters. The van der Waals surface area contributed by atoms with E-state index >= 15 is 0 Å². The molecule has 0 aliphatic heterocycles. The van der Waals surface area contributed by atoms with Crippen molar-refractivity contribution in [3.8, 4) is 5.75 Å². The van der Waals surface area contributed by atoms with Gasteiger partial charge < -0.3 is 15.8 Å². The zero-order valence-electron chi connectivity index (χ0n) is 10.0. The van der Waals surface area contributed by atoms with Gasteiger partial charge in [-0.1, -0.05) is 0 Å². The number of methoxy groups -OCH3 is 1. The second kappa shape index (κ2) is 4.78. The first kappa shape index (κ1) is 11.3. The zero-order chi connectivity index (χ0) is 12.3. The first-order valence-electron chi connectivity index (χ1n) is 5.46. The Morgan fingerprint density at radius 2 is 1.76 bits per heavy atom. The SMILES string of the molecule is COc1ccc(Nc2ccc(N)cc2)c(C)c1. The average Bonchev–Trinajstić information content (AvgIpc) is 2.34. The zero-order valence-corrected chi connectivity index (χ0v) is 10.0. The van der Waals surface area contributed by atoms with Crippen molar-refractivity contribution in [1.82, 2.24) is 0 Å². The summed E-state index contributed by atoms with van der Waals surface area (Å²) in [5, 5.41) is 3.34. The first-order valence-corrected chi connectivity index (χ1v) is 5.46. The maximum absolute atomic E-state index is 5.64. The summed E-state index contributed by atoms with van der Waals surface area (Å²) in [6, 6.07) is 13.6. The number of hydrogen-bond acceptors (Lipinski definition) is 3. The Labute approximate surface area is 101 Å². The molecule has 0 heterocycles. The number of nitrogens with one attached hydrogen (secondary N) is 1. The molecule has 0 radical (unpaired) electrons. The lowest BCUT2D eigenvalue weighted by Crippen LogP contribution is -1.94. The lowest BCUT2D eigenvalue weighted by molar-refractivity contribution is 0.414. The number of benzene rings is 2. The van der Waals surface area contributed by atoms with Gasteiger partial charge in [0.2, 0.25) is 0 Å². The lowest BCUT2D eigenvalue weighted by Gasteiger charge is -2.11. The monoisotopic (exact) mass is 228 g/mol. The van der Waals surface area contributed by atoms with Crippen molar-refractivity contribution in [2.75, 3.05) is 18.2 Å². The van der Waals surface area contributed by atoms with Crippen LogP contribution in [-0.4, -0.2) is 7.11 Å². The average molecular weight is 228 g/mol. The summed E-state index contributed by atoms with van der Waals surface area (Å²) in [4.78, 5) is 0. The molecule has 0 bridgehead atoms. The van der Waals surface area contributed by atoms with Crippen molar-refractivity contribution in [2.24, 2.45) is 0 Å². The molecule has 2 rings (SSSR count). The van der Waals surface area contributed by atoms with Crippen LogP contribution in [0, 0.1) is 6.92 Å². The van der Waals surface area contributed by atoms with E-state index in [0.29, 0.717) is 0 Å². The van der Waals surface area contributed by atoms with Crippen LogP contribution in [0.5, 0.6) is 5.75 Å². The summed E-state index contributed by atoms with van der Waals surface area (Å²) in [6.07, 6.45) is 0. The fourth-order valence-electron chi connectivity index (χ4n) is 1.63. The van der Waals surface area contributed by atoms with Gasteiger partial charge in [-0.15, -0.1) is 0 Å². The van der Waals surface area contributed by atoms with Gasteiger partial charge in [0, 0.05) is 17.1 Å². The van der Waals surface area contributed by atoms with Gasteiger partial charge >= 0.3 is 0 Å². The molecule has 17 heavy (non-hydrogen) atoms. The van der Waals surface area contributed by atoms with E-state index < -0.39 is 0 Å². The molecule has 0 fully saturated rings. The highest BCUT2D eigenvalue weighted by molar-refractivity contribution is 5.65. The number of ether oxygens (including phenoxy) is 1. The molecule has 0 spiro atoms. The van der Waals surface area contributed by atoms with Crippen molar-refractivity contribution in [3.63, 3.8) is 0 Å². The second-order valence-corrected chi connectivity index (χ2v) is 3.93. The highest BCUT2D eigenvalue weighted by Crippen LogP contribution is 2.24. The van der Waals surface area contributed by atoms with Gasteiger partial charge in [-0.25, -0.2) is 0 Å². The minimum Gasteiger partial charge on any atom is -0.497 e. The molecule has 2 aromatic rings. The Kier molecular flexibility index (Phi) is 3.19. The highest BCUT2D eigenvalue weighted by atomic mass is 16.5. The minimum absolute atomic E-state index is 0.766. The summed E-state index contributed by atoms with van der Waals surface area (Å²) in [5.41, 5.74) is 9.64. The van der Waals surface area contributed by atoms with Crippen LogP contribution < -0.4 is 15.8 Å². The van der Waals surface area contributed by atoms with E-state index in [2.05, 4.69) is 5.32 Å². The molecular formula is C14H16N2O. The maximum Gasteiger partial charge on any atom is 0.119 e. The summed E-state index contributed by atoms with van der Waals surface area (Å²) in [6.45, 7) is 2.04. The van der Waals surface area contributed by atoms with Crippen LogP contribution in [0.2, 0.25) is 0 Å². The van der Waals surface area contributed by atoms with Gasteiger partial charge in [0.25, 0.3) is 0 Å². The molecule has 0 aromatic heterocycles. The van der Waals surface area contributed by atoms with E-state index in [1.807, 2.05) is 49.4 Å². The predicted molar refractivity (Wildman–Crippen MR) is 71.9 cm³/mol. The van der Waals surface area contributed by atoms with E-state index in [1.165, 1.54) is 0 Å². The molecule has 3 nitrogen and oxygen atoms in total. The second-order valence-electron chi connectivity index (χ2n) is 3.93. The topological polar surface area (TPSA) is 47.3 Å². The normalized spacial score (nSPS) is 10.0. The van der Waals surface area contributed by atoms with Gasteiger partial charge in [-0.05, 0) is 55.0 Å². The number of nitrogen functional groups attached to an aromatic ring is 1. The minimum atomic E-state index is 0.766. The Hall–Kier alpha value is -2.16. The summed E-state index contributed by atoms with van der Waals surface area (Å²) >= 11 is 0. The Bertz CT molecular complexity index is 506. The number of rotatable bonds is 3. The summed E-state index contributed by atoms with van der Waals surface area (Å²) < 4.78 is 5.17. The van der Waals surface area contributed by atoms with Crippen molar-refractivity contribution in [3.05, 3.63) is 48.0 Å². The number of nitrogens with two attached hydrogens (primary N) is 1. The number of aryl methyl sites for hydroxylation is 1. The fraction of sp³-hybridized carbons (Fsp3) is 0.143. The molecule has 0 aliphatic carbocycles. The number of hydrogen-bond donors (Lipinski definition) is 2. The number of anilines is 3. The van der Waals surface area contributed by atoms with Gasteiger partial charge in [-0.3, -0.25) is 0 Å². The third kappa shape index (κ3) is 2.69.